The highest BCUT2D eigenvalue weighted by molar-refractivity contribution is 7.89. The first-order valence-corrected chi connectivity index (χ1v) is 9.31. The second kappa shape index (κ2) is 7.71. The van der Waals surface area contributed by atoms with Crippen LogP contribution in [0.1, 0.15) is 6.42 Å². The highest BCUT2D eigenvalue weighted by atomic mass is 32.2. The van der Waals surface area contributed by atoms with Gasteiger partial charge >= 0.3 is 0 Å². The van der Waals surface area contributed by atoms with E-state index in [-0.39, 0.29) is 23.8 Å². The Bertz CT molecular complexity index is 841. The number of sulfonamides is 1. The van der Waals surface area contributed by atoms with Crippen molar-refractivity contribution in [2.75, 3.05) is 26.4 Å². The van der Waals surface area contributed by atoms with Gasteiger partial charge in [0.05, 0.1) is 18.1 Å². The van der Waals surface area contributed by atoms with E-state index in [4.69, 9.17) is 14.2 Å². The van der Waals surface area contributed by atoms with E-state index in [0.717, 1.165) is 6.42 Å². The molecule has 0 bridgehead atoms. The average Bonchev–Trinajstić information content (AvgIpc) is 2.85. The van der Waals surface area contributed by atoms with Gasteiger partial charge in [0.15, 0.2) is 23.1 Å². The molecule has 0 radical (unpaired) electrons. The highest BCUT2D eigenvalue weighted by Crippen LogP contribution is 2.31. The zero-order chi connectivity index (χ0) is 17.7. The fraction of sp³-hybridized carbons (Fsp3) is 0.294. The fourth-order valence-corrected chi connectivity index (χ4v) is 3.32. The predicted molar refractivity (Wildman–Crippen MR) is 89.1 cm³/mol. The summed E-state index contributed by atoms with van der Waals surface area (Å²) in [6.07, 6.45) is 0.738. The van der Waals surface area contributed by atoms with Gasteiger partial charge in [-0.25, -0.2) is 17.5 Å². The first-order valence-electron chi connectivity index (χ1n) is 7.83. The molecule has 25 heavy (non-hydrogen) atoms. The largest absolute Gasteiger partial charge is 0.490 e. The Labute approximate surface area is 145 Å². The molecular weight excluding hydrogens is 349 g/mol. The molecule has 0 aromatic heterocycles. The van der Waals surface area contributed by atoms with Crippen LogP contribution in [0.4, 0.5) is 4.39 Å². The Morgan fingerprint density at radius 1 is 1.08 bits per heavy atom. The molecule has 0 amide bonds. The number of fused-ring (bicyclic) bond motifs is 1. The van der Waals surface area contributed by atoms with Crippen LogP contribution in [-0.2, 0) is 10.0 Å². The van der Waals surface area contributed by atoms with Crippen molar-refractivity contribution in [3.8, 4) is 17.2 Å². The van der Waals surface area contributed by atoms with Crippen LogP contribution in [0.5, 0.6) is 17.2 Å². The lowest BCUT2D eigenvalue weighted by Gasteiger charge is -2.11. The van der Waals surface area contributed by atoms with Crippen molar-refractivity contribution >= 4 is 10.0 Å². The Hall–Kier alpha value is -2.32. The van der Waals surface area contributed by atoms with Crippen molar-refractivity contribution in [1.82, 2.24) is 4.72 Å². The van der Waals surface area contributed by atoms with E-state index in [1.807, 2.05) is 0 Å². The number of rotatable bonds is 6. The Morgan fingerprint density at radius 2 is 1.84 bits per heavy atom. The van der Waals surface area contributed by atoms with Crippen molar-refractivity contribution < 1.29 is 27.0 Å². The van der Waals surface area contributed by atoms with Crippen molar-refractivity contribution in [3.05, 3.63) is 48.3 Å². The van der Waals surface area contributed by atoms with Crippen LogP contribution < -0.4 is 18.9 Å². The molecule has 0 aliphatic carbocycles. The molecular formula is C17H18FNO5S. The van der Waals surface area contributed by atoms with Crippen LogP contribution in [0, 0.1) is 5.82 Å². The Kier molecular flexibility index (Phi) is 5.40. The number of benzene rings is 2. The number of halogens is 1. The Balaban J connectivity index is 1.60. The lowest BCUT2D eigenvalue weighted by Crippen LogP contribution is -2.28. The minimum absolute atomic E-state index is 0.00468. The predicted octanol–water partition coefficient (Wildman–Crippen LogP) is 2.34. The van der Waals surface area contributed by atoms with E-state index >= 15 is 0 Å². The lowest BCUT2D eigenvalue weighted by atomic mass is 10.3. The minimum atomic E-state index is -3.73. The summed E-state index contributed by atoms with van der Waals surface area (Å²) in [5.74, 6) is 0.521. The van der Waals surface area contributed by atoms with Crippen molar-refractivity contribution in [1.29, 1.82) is 0 Å². The van der Waals surface area contributed by atoms with E-state index in [1.165, 1.54) is 24.3 Å². The van der Waals surface area contributed by atoms with Crippen molar-refractivity contribution in [2.24, 2.45) is 0 Å². The number of para-hydroxylation sites is 1. The molecule has 0 atom stereocenters. The second-order valence-corrected chi connectivity index (χ2v) is 7.10. The summed E-state index contributed by atoms with van der Waals surface area (Å²) in [5.41, 5.74) is 0. The quantitative estimate of drug-likeness (QED) is 0.794. The first-order chi connectivity index (χ1) is 12.1. The summed E-state index contributed by atoms with van der Waals surface area (Å²) in [6, 6.07) is 10.4. The molecule has 0 spiro atoms. The molecule has 0 unspecified atom stereocenters. The molecule has 2 aromatic rings. The van der Waals surface area contributed by atoms with E-state index in [9.17, 15) is 12.8 Å². The fourth-order valence-electron chi connectivity index (χ4n) is 2.29. The third-order valence-corrected chi connectivity index (χ3v) is 4.98. The molecule has 2 aromatic carbocycles. The Morgan fingerprint density at radius 3 is 2.64 bits per heavy atom. The van der Waals surface area contributed by atoms with Crippen LogP contribution >= 0.6 is 0 Å². The second-order valence-electron chi connectivity index (χ2n) is 5.34. The van der Waals surface area contributed by atoms with Crippen LogP contribution in [0.2, 0.25) is 0 Å². The monoisotopic (exact) mass is 367 g/mol. The van der Waals surface area contributed by atoms with Gasteiger partial charge in [-0.15, -0.1) is 0 Å². The van der Waals surface area contributed by atoms with Gasteiger partial charge in [0, 0.05) is 19.0 Å². The zero-order valence-electron chi connectivity index (χ0n) is 13.4. The van der Waals surface area contributed by atoms with Crippen molar-refractivity contribution in [3.63, 3.8) is 0 Å². The summed E-state index contributed by atoms with van der Waals surface area (Å²) in [5, 5.41) is 0. The van der Waals surface area contributed by atoms with Gasteiger partial charge in [0.1, 0.15) is 6.61 Å². The standard InChI is InChI=1S/C17H18FNO5S/c18-14-4-1-2-5-15(14)24-11-8-19-25(20,21)13-6-7-16-17(12-13)23-10-3-9-22-16/h1-2,4-7,12,19H,3,8-11H2. The maximum Gasteiger partial charge on any atom is 0.240 e. The van der Waals surface area contributed by atoms with E-state index in [1.54, 1.807) is 18.2 Å². The van der Waals surface area contributed by atoms with Gasteiger partial charge in [0.25, 0.3) is 0 Å². The van der Waals surface area contributed by atoms with Gasteiger partial charge in [0.2, 0.25) is 10.0 Å². The molecule has 1 N–H and O–H groups in total. The van der Waals surface area contributed by atoms with Crippen LogP contribution in [0.3, 0.4) is 0 Å². The average molecular weight is 367 g/mol. The molecule has 1 aliphatic rings. The molecule has 6 nitrogen and oxygen atoms in total. The summed E-state index contributed by atoms with van der Waals surface area (Å²) in [4.78, 5) is 0.0719. The number of hydrogen-bond acceptors (Lipinski definition) is 5. The summed E-state index contributed by atoms with van der Waals surface area (Å²) >= 11 is 0. The molecule has 0 fully saturated rings. The van der Waals surface area contributed by atoms with Gasteiger partial charge in [-0.3, -0.25) is 0 Å². The maximum atomic E-state index is 13.4. The third kappa shape index (κ3) is 4.40. The maximum absolute atomic E-state index is 13.4. The van der Waals surface area contributed by atoms with Crippen LogP contribution in [0.15, 0.2) is 47.4 Å². The number of ether oxygens (including phenoxy) is 3. The highest BCUT2D eigenvalue weighted by Gasteiger charge is 2.18. The van der Waals surface area contributed by atoms with Gasteiger partial charge < -0.3 is 14.2 Å². The van der Waals surface area contributed by atoms with Gasteiger partial charge in [-0.2, -0.15) is 0 Å². The van der Waals surface area contributed by atoms with E-state index < -0.39 is 15.8 Å². The lowest BCUT2D eigenvalue weighted by molar-refractivity contribution is 0.297. The molecule has 134 valence electrons. The normalized spacial score (nSPS) is 14.0. The molecule has 8 heteroatoms. The minimum Gasteiger partial charge on any atom is -0.490 e. The molecule has 0 saturated carbocycles. The van der Waals surface area contributed by atoms with E-state index in [2.05, 4.69) is 4.72 Å². The summed E-state index contributed by atoms with van der Waals surface area (Å²) < 4.78 is 56.7. The van der Waals surface area contributed by atoms with E-state index in [0.29, 0.717) is 24.7 Å². The molecule has 0 saturated heterocycles. The van der Waals surface area contributed by atoms with Gasteiger partial charge in [-0.1, -0.05) is 12.1 Å². The zero-order valence-corrected chi connectivity index (χ0v) is 14.2. The summed E-state index contributed by atoms with van der Waals surface area (Å²) in [7, 11) is -3.73. The molecule has 3 rings (SSSR count). The first kappa shape index (κ1) is 17.5. The van der Waals surface area contributed by atoms with Gasteiger partial charge in [-0.05, 0) is 24.3 Å². The van der Waals surface area contributed by atoms with Crippen LogP contribution in [-0.4, -0.2) is 34.8 Å². The topological polar surface area (TPSA) is 73.9 Å². The number of hydrogen-bond donors (Lipinski definition) is 1. The smallest absolute Gasteiger partial charge is 0.240 e. The molecule has 1 aliphatic heterocycles. The van der Waals surface area contributed by atoms with Crippen molar-refractivity contribution in [2.45, 2.75) is 11.3 Å². The van der Waals surface area contributed by atoms with Crippen LogP contribution in [0.25, 0.3) is 0 Å². The molecule has 1 heterocycles. The summed E-state index contributed by atoms with van der Waals surface area (Å²) in [6.45, 7) is 1.01. The SMILES string of the molecule is O=S(=O)(NCCOc1ccccc1F)c1ccc2c(c1)OCCCO2. The third-order valence-electron chi connectivity index (χ3n) is 3.52. The number of nitrogens with one attached hydrogen (secondary N) is 1.